The molecule has 3 N–H and O–H groups in total. The van der Waals surface area contributed by atoms with Crippen molar-refractivity contribution in [1.29, 1.82) is 0 Å². The molecule has 0 spiro atoms. The Labute approximate surface area is 99.7 Å². The predicted octanol–water partition coefficient (Wildman–Crippen LogP) is 2.54. The molecule has 1 unspecified atom stereocenters. The van der Waals surface area contributed by atoms with Crippen molar-refractivity contribution in [1.82, 2.24) is 0 Å². The summed E-state index contributed by atoms with van der Waals surface area (Å²) in [7, 11) is 0. The summed E-state index contributed by atoms with van der Waals surface area (Å²) in [5, 5.41) is 13.6. The minimum absolute atomic E-state index is 0.313. The van der Waals surface area contributed by atoms with Crippen LogP contribution < -0.4 is 5.73 Å². The molecule has 1 heterocycles. The van der Waals surface area contributed by atoms with Crippen LogP contribution in [0, 0.1) is 0 Å². The third-order valence-corrected chi connectivity index (χ3v) is 4.13. The summed E-state index contributed by atoms with van der Waals surface area (Å²) in [6.07, 6.45) is 1.33. The van der Waals surface area contributed by atoms with Gasteiger partial charge in [0, 0.05) is 17.7 Å². The van der Waals surface area contributed by atoms with E-state index in [-0.39, 0.29) is 0 Å². The molecule has 0 aliphatic carbocycles. The third kappa shape index (κ3) is 2.12. The summed E-state index contributed by atoms with van der Waals surface area (Å²) in [5.41, 5.74) is 6.08. The highest BCUT2D eigenvalue weighted by molar-refractivity contribution is 7.17. The zero-order valence-corrected chi connectivity index (χ0v) is 10.3. The highest BCUT2D eigenvalue weighted by Crippen LogP contribution is 2.29. The van der Waals surface area contributed by atoms with Gasteiger partial charge in [0.1, 0.15) is 0 Å². The van der Waals surface area contributed by atoms with Gasteiger partial charge in [-0.3, -0.25) is 0 Å². The molecule has 0 fully saturated rings. The lowest BCUT2D eigenvalue weighted by Crippen LogP contribution is -2.39. The highest BCUT2D eigenvalue weighted by Gasteiger charge is 2.24. The summed E-state index contributed by atoms with van der Waals surface area (Å²) >= 11 is 1.72. The van der Waals surface area contributed by atoms with Gasteiger partial charge in [0.2, 0.25) is 0 Å². The topological polar surface area (TPSA) is 46.2 Å². The Hall–Kier alpha value is -0.900. The van der Waals surface area contributed by atoms with Crippen LogP contribution in [0.25, 0.3) is 10.1 Å². The third-order valence-electron chi connectivity index (χ3n) is 3.12. The van der Waals surface area contributed by atoms with Gasteiger partial charge < -0.3 is 10.8 Å². The number of thiophene rings is 1. The first-order valence-electron chi connectivity index (χ1n) is 5.56. The Morgan fingerprint density at radius 3 is 2.81 bits per heavy atom. The fourth-order valence-corrected chi connectivity index (χ4v) is 2.83. The van der Waals surface area contributed by atoms with Crippen molar-refractivity contribution in [3.8, 4) is 0 Å². The summed E-state index contributed by atoms with van der Waals surface area (Å²) in [6, 6.07) is 8.29. The molecule has 1 aromatic heterocycles. The van der Waals surface area contributed by atoms with Gasteiger partial charge in [0.25, 0.3) is 0 Å². The minimum Gasteiger partial charge on any atom is -0.388 e. The monoisotopic (exact) mass is 235 g/mol. The quantitative estimate of drug-likeness (QED) is 0.855. The van der Waals surface area contributed by atoms with Crippen LogP contribution in [0.2, 0.25) is 0 Å². The molecule has 0 aliphatic rings. The number of benzene rings is 1. The van der Waals surface area contributed by atoms with Crippen molar-refractivity contribution < 1.29 is 5.11 Å². The molecule has 0 radical (unpaired) electrons. The average Bonchev–Trinajstić information content (AvgIpc) is 2.73. The second-order valence-corrected chi connectivity index (χ2v) is 5.13. The normalized spacial score (nSPS) is 15.2. The van der Waals surface area contributed by atoms with Gasteiger partial charge in [0.15, 0.2) is 0 Å². The van der Waals surface area contributed by atoms with Crippen LogP contribution in [0.15, 0.2) is 29.6 Å². The van der Waals surface area contributed by atoms with E-state index in [4.69, 9.17) is 5.73 Å². The van der Waals surface area contributed by atoms with Crippen LogP contribution in [0.1, 0.15) is 18.9 Å². The Morgan fingerprint density at radius 1 is 1.38 bits per heavy atom. The highest BCUT2D eigenvalue weighted by atomic mass is 32.1. The Bertz CT molecular complexity index is 473. The first-order chi connectivity index (χ1) is 7.68. The van der Waals surface area contributed by atoms with Crippen molar-refractivity contribution in [3.63, 3.8) is 0 Å². The van der Waals surface area contributed by atoms with Crippen LogP contribution in [0.3, 0.4) is 0 Å². The van der Waals surface area contributed by atoms with Crippen LogP contribution in [-0.2, 0) is 6.42 Å². The first kappa shape index (κ1) is 11.6. The van der Waals surface area contributed by atoms with Crippen molar-refractivity contribution in [2.24, 2.45) is 5.73 Å². The summed E-state index contributed by atoms with van der Waals surface area (Å²) in [6.45, 7) is 2.29. The second kappa shape index (κ2) is 4.53. The van der Waals surface area contributed by atoms with Gasteiger partial charge in [-0.1, -0.05) is 25.1 Å². The molecule has 86 valence electrons. The SMILES string of the molecule is CCC(O)(CN)Cc1csc2ccccc12. The zero-order chi connectivity index (χ0) is 11.6. The molecule has 0 saturated carbocycles. The van der Waals surface area contributed by atoms with Crippen molar-refractivity contribution in [3.05, 3.63) is 35.2 Å². The fraction of sp³-hybridized carbons (Fsp3) is 0.385. The van der Waals surface area contributed by atoms with E-state index < -0.39 is 5.60 Å². The molecule has 3 heteroatoms. The number of rotatable bonds is 4. The van der Waals surface area contributed by atoms with E-state index in [0.29, 0.717) is 19.4 Å². The lowest BCUT2D eigenvalue weighted by Gasteiger charge is -2.24. The van der Waals surface area contributed by atoms with E-state index in [1.54, 1.807) is 11.3 Å². The maximum absolute atomic E-state index is 10.2. The van der Waals surface area contributed by atoms with Gasteiger partial charge in [-0.25, -0.2) is 0 Å². The minimum atomic E-state index is -0.760. The molecule has 2 aromatic rings. The predicted molar refractivity (Wildman–Crippen MR) is 69.8 cm³/mol. The van der Waals surface area contributed by atoms with Crippen molar-refractivity contribution in [2.45, 2.75) is 25.4 Å². The number of hydrogen-bond acceptors (Lipinski definition) is 3. The molecule has 0 bridgehead atoms. The Kier molecular flexibility index (Phi) is 3.28. The first-order valence-corrected chi connectivity index (χ1v) is 6.44. The van der Waals surface area contributed by atoms with Gasteiger partial charge >= 0.3 is 0 Å². The Balaban J connectivity index is 2.34. The van der Waals surface area contributed by atoms with E-state index in [0.717, 1.165) is 0 Å². The molecule has 2 rings (SSSR count). The molecule has 0 amide bonds. The molecule has 0 saturated heterocycles. The van der Waals surface area contributed by atoms with Gasteiger partial charge in [-0.05, 0) is 28.8 Å². The molecular formula is C13H17NOS. The number of fused-ring (bicyclic) bond motifs is 1. The van der Waals surface area contributed by atoms with Crippen LogP contribution >= 0.6 is 11.3 Å². The number of nitrogens with two attached hydrogens (primary N) is 1. The number of aliphatic hydroxyl groups is 1. The maximum atomic E-state index is 10.2. The Morgan fingerprint density at radius 2 is 2.12 bits per heavy atom. The van der Waals surface area contributed by atoms with Gasteiger partial charge in [-0.2, -0.15) is 0 Å². The van der Waals surface area contributed by atoms with E-state index in [2.05, 4.69) is 17.5 Å². The summed E-state index contributed by atoms with van der Waals surface area (Å²) in [5.74, 6) is 0. The lowest BCUT2D eigenvalue weighted by molar-refractivity contribution is 0.0460. The molecular weight excluding hydrogens is 218 g/mol. The van der Waals surface area contributed by atoms with E-state index in [1.165, 1.54) is 15.6 Å². The molecule has 2 nitrogen and oxygen atoms in total. The summed E-state index contributed by atoms with van der Waals surface area (Å²) in [4.78, 5) is 0. The maximum Gasteiger partial charge on any atom is 0.0807 e. The van der Waals surface area contributed by atoms with Crippen molar-refractivity contribution >= 4 is 21.4 Å². The fourth-order valence-electron chi connectivity index (χ4n) is 1.87. The molecule has 16 heavy (non-hydrogen) atoms. The lowest BCUT2D eigenvalue weighted by atomic mass is 9.92. The second-order valence-electron chi connectivity index (χ2n) is 4.22. The number of hydrogen-bond donors (Lipinski definition) is 2. The van der Waals surface area contributed by atoms with Crippen LogP contribution in [0.5, 0.6) is 0 Å². The smallest absolute Gasteiger partial charge is 0.0807 e. The van der Waals surface area contributed by atoms with E-state index in [9.17, 15) is 5.11 Å². The van der Waals surface area contributed by atoms with Crippen molar-refractivity contribution in [2.75, 3.05) is 6.54 Å². The molecule has 0 aliphatic heterocycles. The van der Waals surface area contributed by atoms with Crippen LogP contribution in [-0.4, -0.2) is 17.3 Å². The largest absolute Gasteiger partial charge is 0.388 e. The van der Waals surface area contributed by atoms with E-state index >= 15 is 0 Å². The van der Waals surface area contributed by atoms with Crippen LogP contribution in [0.4, 0.5) is 0 Å². The van der Waals surface area contributed by atoms with E-state index in [1.807, 2.05) is 19.1 Å². The standard InChI is InChI=1S/C13H17NOS/c1-2-13(15,9-14)7-10-8-16-12-6-4-3-5-11(10)12/h3-6,8,15H,2,7,9,14H2,1H3. The average molecular weight is 235 g/mol. The molecule has 1 aromatic carbocycles. The van der Waals surface area contributed by atoms with Gasteiger partial charge in [-0.15, -0.1) is 11.3 Å². The van der Waals surface area contributed by atoms with Gasteiger partial charge in [0.05, 0.1) is 5.60 Å². The zero-order valence-electron chi connectivity index (χ0n) is 9.44. The summed E-state index contributed by atoms with van der Waals surface area (Å²) < 4.78 is 1.27. The molecule has 1 atom stereocenters.